The average Bonchev–Trinajstić information content (AvgIpc) is 3.23. The number of rotatable bonds is 2. The Morgan fingerprint density at radius 2 is 1.73 bits per heavy atom. The molecule has 1 fully saturated rings. The third kappa shape index (κ3) is 2.14. The Morgan fingerprint density at radius 1 is 0.955 bits per heavy atom. The number of nitrogens with one attached hydrogen (secondary N) is 1. The minimum atomic E-state index is 0.741. The van der Waals surface area contributed by atoms with E-state index in [0.717, 1.165) is 35.7 Å². The summed E-state index contributed by atoms with van der Waals surface area (Å²) in [6.45, 7) is 2.07. The first-order valence-corrected chi connectivity index (χ1v) is 7.72. The molecule has 2 aromatic carbocycles. The summed E-state index contributed by atoms with van der Waals surface area (Å²) in [6.07, 6.45) is 2.41. The van der Waals surface area contributed by atoms with Crippen molar-refractivity contribution < 1.29 is 0 Å². The van der Waals surface area contributed by atoms with E-state index in [-0.39, 0.29) is 0 Å². The van der Waals surface area contributed by atoms with Crippen LogP contribution in [0.15, 0.2) is 48.5 Å². The lowest BCUT2D eigenvalue weighted by Gasteiger charge is -2.15. The van der Waals surface area contributed by atoms with Crippen molar-refractivity contribution in [2.75, 3.05) is 18.0 Å². The topological polar surface area (TPSA) is 42.8 Å². The highest BCUT2D eigenvalue weighted by atomic mass is 15.2. The van der Waals surface area contributed by atoms with E-state index >= 15 is 0 Å². The fourth-order valence-corrected chi connectivity index (χ4v) is 3.23. The average molecular weight is 287 g/mol. The quantitative estimate of drug-likeness (QED) is 0.763. The zero-order valence-corrected chi connectivity index (χ0v) is 12.3. The maximum Gasteiger partial charge on any atom is 0.124 e. The second kappa shape index (κ2) is 5.23. The van der Waals surface area contributed by atoms with Crippen molar-refractivity contribution in [3.8, 4) is 17.3 Å². The molecule has 0 unspecified atom stereocenters. The lowest BCUT2D eigenvalue weighted by Crippen LogP contribution is -2.18. The van der Waals surface area contributed by atoms with Gasteiger partial charge < -0.3 is 9.88 Å². The third-order valence-electron chi connectivity index (χ3n) is 4.40. The Labute approximate surface area is 129 Å². The van der Waals surface area contributed by atoms with E-state index in [4.69, 9.17) is 0 Å². The summed E-state index contributed by atoms with van der Waals surface area (Å²) in [6, 6.07) is 19.1. The Bertz CT molecular complexity index is 864. The number of hydrogen-bond acceptors (Lipinski definition) is 2. The Kier molecular flexibility index (Phi) is 3.08. The van der Waals surface area contributed by atoms with Crippen LogP contribution in [0.2, 0.25) is 0 Å². The first kappa shape index (κ1) is 13.0. The van der Waals surface area contributed by atoms with Crippen molar-refractivity contribution in [2.45, 2.75) is 12.8 Å². The van der Waals surface area contributed by atoms with E-state index in [2.05, 4.69) is 58.4 Å². The molecule has 0 amide bonds. The number of benzene rings is 2. The van der Waals surface area contributed by atoms with Gasteiger partial charge in [0.05, 0.1) is 5.56 Å². The predicted octanol–water partition coefficient (Wildman–Crippen LogP) is 4.31. The van der Waals surface area contributed by atoms with Gasteiger partial charge in [0.15, 0.2) is 0 Å². The van der Waals surface area contributed by atoms with Crippen LogP contribution in [0.25, 0.3) is 22.0 Å². The van der Waals surface area contributed by atoms with Crippen molar-refractivity contribution in [2.24, 2.45) is 0 Å². The lowest BCUT2D eigenvalue weighted by atomic mass is 10.1. The van der Waals surface area contributed by atoms with Crippen LogP contribution in [-0.4, -0.2) is 18.1 Å². The molecular formula is C19H17N3. The predicted molar refractivity (Wildman–Crippen MR) is 89.9 cm³/mol. The number of fused-ring (bicyclic) bond motifs is 1. The van der Waals surface area contributed by atoms with Gasteiger partial charge in [-0.3, -0.25) is 0 Å². The van der Waals surface area contributed by atoms with Crippen LogP contribution < -0.4 is 4.90 Å². The van der Waals surface area contributed by atoms with Gasteiger partial charge in [0.1, 0.15) is 11.9 Å². The van der Waals surface area contributed by atoms with Crippen LogP contribution in [0, 0.1) is 11.3 Å². The normalized spacial score (nSPS) is 14.4. The van der Waals surface area contributed by atoms with Gasteiger partial charge in [-0.1, -0.05) is 36.4 Å². The molecule has 0 bridgehead atoms. The highest BCUT2D eigenvalue weighted by Gasteiger charge is 2.19. The molecule has 0 atom stereocenters. The van der Waals surface area contributed by atoms with Gasteiger partial charge in [-0.2, -0.15) is 5.26 Å². The smallest absolute Gasteiger partial charge is 0.124 e. The monoisotopic (exact) mass is 287 g/mol. The summed E-state index contributed by atoms with van der Waals surface area (Å²) in [5, 5.41) is 11.9. The number of nitrogens with zero attached hydrogens (tertiary/aromatic N) is 2. The maximum atomic E-state index is 9.41. The van der Waals surface area contributed by atoms with Crippen LogP contribution >= 0.6 is 0 Å². The molecule has 4 rings (SSSR count). The molecule has 1 aliphatic rings. The molecule has 1 saturated heterocycles. The molecule has 2 heterocycles. The van der Waals surface area contributed by atoms with Gasteiger partial charge in [0.25, 0.3) is 0 Å². The van der Waals surface area contributed by atoms with E-state index in [1.807, 2.05) is 6.07 Å². The molecule has 0 radical (unpaired) electrons. The summed E-state index contributed by atoms with van der Waals surface area (Å²) < 4.78 is 0. The molecule has 1 aromatic heterocycles. The second-order valence-corrected chi connectivity index (χ2v) is 5.81. The van der Waals surface area contributed by atoms with Gasteiger partial charge in [0, 0.05) is 18.8 Å². The van der Waals surface area contributed by atoms with Crippen LogP contribution in [0.3, 0.4) is 0 Å². The molecule has 0 aliphatic carbocycles. The third-order valence-corrected chi connectivity index (χ3v) is 4.40. The maximum absolute atomic E-state index is 9.41. The molecule has 3 heteroatoms. The fourth-order valence-electron chi connectivity index (χ4n) is 3.23. The number of H-pyrrole nitrogens is 1. The minimum Gasteiger partial charge on any atom is -0.357 e. The largest absolute Gasteiger partial charge is 0.357 e. The van der Waals surface area contributed by atoms with E-state index in [1.165, 1.54) is 23.6 Å². The number of anilines is 1. The summed E-state index contributed by atoms with van der Waals surface area (Å²) in [7, 11) is 0. The highest BCUT2D eigenvalue weighted by Crippen LogP contribution is 2.30. The van der Waals surface area contributed by atoms with Crippen LogP contribution in [-0.2, 0) is 0 Å². The minimum absolute atomic E-state index is 0.741. The molecule has 22 heavy (non-hydrogen) atoms. The summed E-state index contributed by atoms with van der Waals surface area (Å²) >= 11 is 0. The SMILES string of the molecule is N#Cc1cc(-c2ccc3ccccc3c2)[nH]c1N1CCCC1. The van der Waals surface area contributed by atoms with Crippen molar-refractivity contribution >= 4 is 16.6 Å². The molecule has 1 aliphatic heterocycles. The summed E-state index contributed by atoms with van der Waals surface area (Å²) in [4.78, 5) is 5.74. The highest BCUT2D eigenvalue weighted by molar-refractivity contribution is 5.87. The van der Waals surface area contributed by atoms with E-state index in [1.54, 1.807) is 0 Å². The van der Waals surface area contributed by atoms with Gasteiger partial charge in [-0.15, -0.1) is 0 Å². The van der Waals surface area contributed by atoms with Gasteiger partial charge in [0.2, 0.25) is 0 Å². The van der Waals surface area contributed by atoms with Gasteiger partial charge in [-0.05, 0) is 41.3 Å². The number of aromatic amines is 1. The molecule has 108 valence electrons. The van der Waals surface area contributed by atoms with Crippen molar-refractivity contribution in [1.82, 2.24) is 4.98 Å². The van der Waals surface area contributed by atoms with Crippen molar-refractivity contribution in [3.05, 3.63) is 54.1 Å². The lowest BCUT2D eigenvalue weighted by molar-refractivity contribution is 0.944. The zero-order valence-electron chi connectivity index (χ0n) is 12.3. The van der Waals surface area contributed by atoms with Crippen LogP contribution in [0.5, 0.6) is 0 Å². The molecule has 3 aromatic rings. The fraction of sp³-hybridized carbons (Fsp3) is 0.211. The summed E-state index contributed by atoms with van der Waals surface area (Å²) in [5.74, 6) is 0.975. The Balaban J connectivity index is 1.79. The van der Waals surface area contributed by atoms with Gasteiger partial charge in [-0.25, -0.2) is 0 Å². The van der Waals surface area contributed by atoms with Crippen molar-refractivity contribution in [3.63, 3.8) is 0 Å². The van der Waals surface area contributed by atoms with Crippen molar-refractivity contribution in [1.29, 1.82) is 5.26 Å². The van der Waals surface area contributed by atoms with Gasteiger partial charge >= 0.3 is 0 Å². The first-order chi connectivity index (χ1) is 10.8. The Hall–Kier alpha value is -2.73. The van der Waals surface area contributed by atoms with E-state index < -0.39 is 0 Å². The Morgan fingerprint density at radius 3 is 2.50 bits per heavy atom. The molecule has 0 saturated carbocycles. The van der Waals surface area contributed by atoms with Crippen LogP contribution in [0.1, 0.15) is 18.4 Å². The molecule has 3 nitrogen and oxygen atoms in total. The van der Waals surface area contributed by atoms with E-state index in [9.17, 15) is 5.26 Å². The van der Waals surface area contributed by atoms with E-state index in [0.29, 0.717) is 0 Å². The number of aromatic nitrogens is 1. The zero-order chi connectivity index (χ0) is 14.9. The number of hydrogen-bond donors (Lipinski definition) is 1. The summed E-state index contributed by atoms with van der Waals surface area (Å²) in [5.41, 5.74) is 2.88. The number of nitriles is 1. The standard InChI is InChI=1S/C19H17N3/c20-13-17-12-18(21-19(17)22-9-3-4-10-22)16-8-7-14-5-1-2-6-15(14)11-16/h1-2,5-8,11-12,21H,3-4,9-10H2. The molecule has 1 N–H and O–H groups in total. The second-order valence-electron chi connectivity index (χ2n) is 5.81. The first-order valence-electron chi connectivity index (χ1n) is 7.72. The van der Waals surface area contributed by atoms with Crippen LogP contribution in [0.4, 0.5) is 5.82 Å². The molecule has 0 spiro atoms. The molecular weight excluding hydrogens is 270 g/mol.